The molecule has 0 amide bonds. The van der Waals surface area contributed by atoms with Gasteiger partial charge in [-0.15, -0.1) is 11.3 Å². The van der Waals surface area contributed by atoms with E-state index in [1.165, 1.54) is 42.4 Å². The summed E-state index contributed by atoms with van der Waals surface area (Å²) >= 11 is 1.85. The van der Waals surface area contributed by atoms with Crippen molar-refractivity contribution in [2.75, 3.05) is 0 Å². The second-order valence-corrected chi connectivity index (χ2v) is 30.0. The highest BCUT2D eigenvalue weighted by molar-refractivity contribution is 7.25. The summed E-state index contributed by atoms with van der Waals surface area (Å²) in [6.07, 6.45) is 0. The van der Waals surface area contributed by atoms with Crippen LogP contribution >= 0.6 is 11.3 Å². The van der Waals surface area contributed by atoms with Gasteiger partial charge in [0.05, 0.1) is 66.9 Å². The molecule has 0 N–H and O–H groups in total. The number of hydrogen-bond donors (Lipinski definition) is 0. The Morgan fingerprint density at radius 2 is 0.562 bits per heavy atom. The minimum atomic E-state index is -0.192. The monoisotopic (exact) mass is 1170 g/mol. The molecule has 16 rings (SSSR count). The van der Waals surface area contributed by atoms with E-state index in [0.29, 0.717) is 5.56 Å². The highest BCUT2D eigenvalue weighted by Gasteiger charge is 2.36. The molecule has 0 aliphatic rings. The lowest BCUT2D eigenvalue weighted by atomic mass is 9.86. The standard InChI is InChI=1S/C83H71N5S/c1-80(2,3)50-34-39-58-54-23-13-18-28-65(54)85(69(58)44-50)76-64(48-84)77(86-66-29-19-14-24-55(66)59-40-35-51(45-70(59)86)81(4,5)6)79(88-68-31-21-16-26-57(68)61-42-37-53(47-72(61)88)83(10,11)12)75(49-33-38-63-62-27-17-22-32-73(62)89-74(63)43-49)78(76)87-67-30-20-15-25-56(67)60-41-36-52(46-71(60)87)82(7,8)9/h13-47H,1-12H3. The zero-order chi connectivity index (χ0) is 61.4. The van der Waals surface area contributed by atoms with Crippen molar-refractivity contribution in [3.8, 4) is 39.9 Å². The number of thiophene rings is 1. The number of aromatic nitrogens is 4. The minimum absolute atomic E-state index is 0.188. The van der Waals surface area contributed by atoms with E-state index in [0.717, 1.165) is 121 Å². The largest absolute Gasteiger partial charge is 0.306 e. The summed E-state index contributed by atoms with van der Waals surface area (Å²) in [6, 6.07) is 83.3. The number of nitriles is 1. The van der Waals surface area contributed by atoms with Gasteiger partial charge >= 0.3 is 0 Å². The molecule has 0 aliphatic heterocycles. The van der Waals surface area contributed by atoms with Crippen molar-refractivity contribution in [2.45, 2.75) is 105 Å². The fraction of sp³-hybridized carbons (Fsp3) is 0.193. The molecule has 434 valence electrons. The van der Waals surface area contributed by atoms with Gasteiger partial charge in [0.25, 0.3) is 0 Å². The lowest BCUT2D eigenvalue weighted by Gasteiger charge is -2.30. The first-order valence-electron chi connectivity index (χ1n) is 31.4. The van der Waals surface area contributed by atoms with Gasteiger partial charge in [-0.3, -0.25) is 0 Å². The average molecular weight is 1170 g/mol. The van der Waals surface area contributed by atoms with Crippen molar-refractivity contribution >= 4 is 119 Å². The Labute approximate surface area is 523 Å². The average Bonchev–Trinajstić information content (AvgIpc) is 1.61. The van der Waals surface area contributed by atoms with Gasteiger partial charge in [-0.25, -0.2) is 0 Å². The fourth-order valence-corrected chi connectivity index (χ4v) is 15.7. The third-order valence-corrected chi connectivity index (χ3v) is 20.4. The van der Waals surface area contributed by atoms with Crippen molar-refractivity contribution in [3.63, 3.8) is 0 Å². The zero-order valence-electron chi connectivity index (χ0n) is 52.9. The molecule has 89 heavy (non-hydrogen) atoms. The van der Waals surface area contributed by atoms with E-state index in [-0.39, 0.29) is 21.7 Å². The van der Waals surface area contributed by atoms with Crippen LogP contribution in [0.4, 0.5) is 0 Å². The zero-order valence-corrected chi connectivity index (χ0v) is 53.7. The van der Waals surface area contributed by atoms with E-state index >= 15 is 0 Å². The molecule has 0 unspecified atom stereocenters. The molecule has 0 fully saturated rings. The van der Waals surface area contributed by atoms with Gasteiger partial charge in [-0.2, -0.15) is 5.26 Å². The topological polar surface area (TPSA) is 43.5 Å². The van der Waals surface area contributed by atoms with E-state index in [2.05, 4.69) is 320 Å². The SMILES string of the molecule is CC(C)(C)c1ccc2c3ccccc3n(-c3c(C#N)c(-n4c5ccccc5c5ccc(C(C)(C)C)cc54)c(-n4c5ccccc5c5ccc(C(C)(C)C)cc54)c(-c4ccc5c(c4)sc4ccccc45)c3-n3c4ccccc4c4ccc(C(C)(C)C)cc43)c2c1. The van der Waals surface area contributed by atoms with Crippen molar-refractivity contribution in [3.05, 3.63) is 240 Å². The fourth-order valence-electron chi connectivity index (χ4n) is 14.5. The molecule has 5 heterocycles. The van der Waals surface area contributed by atoms with Crippen molar-refractivity contribution in [2.24, 2.45) is 0 Å². The van der Waals surface area contributed by atoms with E-state index in [1.807, 2.05) is 11.3 Å². The molecule has 0 saturated carbocycles. The second-order valence-electron chi connectivity index (χ2n) is 28.9. The van der Waals surface area contributed by atoms with Crippen LogP contribution in [0.2, 0.25) is 0 Å². The van der Waals surface area contributed by atoms with Gasteiger partial charge < -0.3 is 18.3 Å². The predicted octanol–water partition coefficient (Wildman–Crippen LogP) is 23.2. The Morgan fingerprint density at radius 1 is 0.281 bits per heavy atom. The predicted molar refractivity (Wildman–Crippen MR) is 382 cm³/mol. The van der Waals surface area contributed by atoms with E-state index in [9.17, 15) is 5.26 Å². The van der Waals surface area contributed by atoms with Gasteiger partial charge in [0.1, 0.15) is 11.6 Å². The van der Waals surface area contributed by atoms with Crippen LogP contribution in [0, 0.1) is 11.3 Å². The van der Waals surface area contributed by atoms with Crippen LogP contribution in [0.5, 0.6) is 0 Å². The Morgan fingerprint density at radius 3 is 0.899 bits per heavy atom. The summed E-state index contributed by atoms with van der Waals surface area (Å²) in [6.45, 7) is 27.7. The highest BCUT2D eigenvalue weighted by Crippen LogP contribution is 2.54. The van der Waals surface area contributed by atoms with Crippen LogP contribution < -0.4 is 0 Å². The normalized spacial score (nSPS) is 12.9. The van der Waals surface area contributed by atoms with Gasteiger partial charge in [0.2, 0.25) is 0 Å². The highest BCUT2D eigenvalue weighted by atomic mass is 32.1. The van der Waals surface area contributed by atoms with Gasteiger partial charge in [0.15, 0.2) is 0 Å². The van der Waals surface area contributed by atoms with Crippen LogP contribution in [0.1, 0.15) is 111 Å². The van der Waals surface area contributed by atoms with Crippen LogP contribution in [-0.2, 0) is 21.7 Å². The third-order valence-electron chi connectivity index (χ3n) is 19.2. The Kier molecular flexibility index (Phi) is 11.8. The number of hydrogen-bond acceptors (Lipinski definition) is 2. The number of benzene rings is 11. The van der Waals surface area contributed by atoms with Gasteiger partial charge in [-0.05, 0) is 110 Å². The Bertz CT molecular complexity index is 5440. The maximum absolute atomic E-state index is 13.4. The Balaban J connectivity index is 1.28. The summed E-state index contributed by atoms with van der Waals surface area (Å²) in [5.74, 6) is 0. The summed E-state index contributed by atoms with van der Waals surface area (Å²) in [5, 5.41) is 25.0. The van der Waals surface area contributed by atoms with Gasteiger partial charge in [-0.1, -0.05) is 235 Å². The maximum atomic E-state index is 13.4. The number of para-hydroxylation sites is 4. The first kappa shape index (κ1) is 54.7. The molecule has 5 nitrogen and oxygen atoms in total. The number of nitrogens with zero attached hydrogens (tertiary/aromatic N) is 5. The lowest BCUT2D eigenvalue weighted by molar-refractivity contribution is 0.590. The molecule has 0 bridgehead atoms. The molecule has 0 atom stereocenters. The molecule has 11 aromatic carbocycles. The molecule has 0 aliphatic carbocycles. The summed E-state index contributed by atoms with van der Waals surface area (Å²) < 4.78 is 12.6. The lowest BCUT2D eigenvalue weighted by Crippen LogP contribution is -2.17. The van der Waals surface area contributed by atoms with Crippen LogP contribution in [-0.4, -0.2) is 18.3 Å². The van der Waals surface area contributed by atoms with Crippen molar-refractivity contribution < 1.29 is 0 Å². The molecular formula is C83H71N5S. The Hall–Kier alpha value is -9.67. The summed E-state index contributed by atoms with van der Waals surface area (Å²) in [7, 11) is 0. The summed E-state index contributed by atoms with van der Waals surface area (Å²) in [4.78, 5) is 0. The molecule has 0 radical (unpaired) electrons. The molecule has 6 heteroatoms. The quantitative estimate of drug-likeness (QED) is 0.169. The third kappa shape index (κ3) is 8.17. The van der Waals surface area contributed by atoms with E-state index < -0.39 is 0 Å². The smallest absolute Gasteiger partial charge is 0.104 e. The van der Waals surface area contributed by atoms with Crippen LogP contribution in [0.3, 0.4) is 0 Å². The number of fused-ring (bicyclic) bond motifs is 15. The molecule has 5 aromatic heterocycles. The van der Waals surface area contributed by atoms with Gasteiger partial charge in [0, 0.05) is 68.8 Å². The molecular weight excluding hydrogens is 1100 g/mol. The van der Waals surface area contributed by atoms with Crippen molar-refractivity contribution in [1.29, 1.82) is 5.26 Å². The minimum Gasteiger partial charge on any atom is -0.306 e. The second kappa shape index (κ2) is 19.2. The van der Waals surface area contributed by atoms with E-state index in [4.69, 9.17) is 0 Å². The molecule has 16 aromatic rings. The molecule has 0 saturated heterocycles. The molecule has 0 spiro atoms. The maximum Gasteiger partial charge on any atom is 0.104 e. The summed E-state index contributed by atoms with van der Waals surface area (Å²) in [5.41, 5.74) is 18.6. The van der Waals surface area contributed by atoms with Crippen molar-refractivity contribution in [1.82, 2.24) is 18.3 Å². The van der Waals surface area contributed by atoms with Crippen LogP contribution in [0.25, 0.3) is 141 Å². The number of rotatable bonds is 5. The van der Waals surface area contributed by atoms with E-state index in [1.54, 1.807) is 0 Å². The first-order valence-corrected chi connectivity index (χ1v) is 32.2. The first-order chi connectivity index (χ1) is 42.7. The van der Waals surface area contributed by atoms with Crippen LogP contribution in [0.15, 0.2) is 212 Å².